The molecule has 0 bridgehead atoms. The Balaban J connectivity index is 2.75. The quantitative estimate of drug-likeness (QED) is 0.744. The minimum atomic E-state index is 0.560. The number of methoxy groups -OCH3 is 1. The summed E-state index contributed by atoms with van der Waals surface area (Å²) < 4.78 is 11.1. The molecule has 0 fully saturated rings. The molecule has 0 aromatic heterocycles. The summed E-state index contributed by atoms with van der Waals surface area (Å²) in [5, 5.41) is 12.2. The van der Waals surface area contributed by atoms with Crippen molar-refractivity contribution in [3.63, 3.8) is 0 Å². The third-order valence-corrected chi connectivity index (χ3v) is 2.83. The molecule has 0 saturated carbocycles. The van der Waals surface area contributed by atoms with Crippen molar-refractivity contribution < 1.29 is 9.47 Å². The first-order chi connectivity index (χ1) is 9.22. The molecular formula is C14H19ClN2O2. The minimum absolute atomic E-state index is 0.560. The zero-order valence-electron chi connectivity index (χ0n) is 11.3. The highest BCUT2D eigenvalue weighted by Crippen LogP contribution is 2.34. The lowest BCUT2D eigenvalue weighted by molar-refractivity contribution is 0.283. The highest BCUT2D eigenvalue weighted by molar-refractivity contribution is 6.30. The van der Waals surface area contributed by atoms with Crippen LogP contribution >= 0.6 is 11.6 Å². The Labute approximate surface area is 119 Å². The molecule has 104 valence electrons. The smallest absolute Gasteiger partial charge is 0.165 e. The van der Waals surface area contributed by atoms with Gasteiger partial charge in [0.2, 0.25) is 0 Å². The van der Waals surface area contributed by atoms with Crippen LogP contribution in [0.4, 0.5) is 0 Å². The van der Waals surface area contributed by atoms with E-state index in [9.17, 15) is 0 Å². The molecule has 1 aromatic carbocycles. The number of nitrogens with one attached hydrogen (secondary N) is 1. The van der Waals surface area contributed by atoms with Crippen molar-refractivity contribution in [3.05, 3.63) is 22.7 Å². The van der Waals surface area contributed by atoms with Gasteiger partial charge in [0.25, 0.3) is 0 Å². The van der Waals surface area contributed by atoms with Gasteiger partial charge in [0.05, 0.1) is 19.8 Å². The van der Waals surface area contributed by atoms with E-state index in [2.05, 4.69) is 11.4 Å². The predicted octanol–water partition coefficient (Wildman–Crippen LogP) is 3.14. The van der Waals surface area contributed by atoms with Crippen molar-refractivity contribution in [2.24, 2.45) is 0 Å². The minimum Gasteiger partial charge on any atom is -0.493 e. The number of nitrogens with zero attached hydrogens (tertiary/aromatic N) is 1. The molecule has 0 aliphatic heterocycles. The van der Waals surface area contributed by atoms with Gasteiger partial charge in [-0.1, -0.05) is 11.6 Å². The molecular weight excluding hydrogens is 264 g/mol. The zero-order valence-corrected chi connectivity index (χ0v) is 12.1. The second-order valence-electron chi connectivity index (χ2n) is 4.09. The van der Waals surface area contributed by atoms with Crippen LogP contribution in [0.2, 0.25) is 5.02 Å². The molecule has 4 nitrogen and oxygen atoms in total. The van der Waals surface area contributed by atoms with E-state index in [1.165, 1.54) is 0 Å². The van der Waals surface area contributed by atoms with Gasteiger partial charge in [0, 0.05) is 29.6 Å². The summed E-state index contributed by atoms with van der Waals surface area (Å²) in [5.74, 6) is 1.36. The molecule has 0 heterocycles. The zero-order chi connectivity index (χ0) is 14.1. The van der Waals surface area contributed by atoms with Crippen LogP contribution in [0.25, 0.3) is 0 Å². The SMILES string of the molecule is CNCc1cc(Cl)cc(OC)c1OCCCCC#N. The summed E-state index contributed by atoms with van der Waals surface area (Å²) in [6.07, 6.45) is 2.25. The molecule has 0 radical (unpaired) electrons. The average Bonchev–Trinajstić information content (AvgIpc) is 2.40. The maximum Gasteiger partial charge on any atom is 0.165 e. The van der Waals surface area contributed by atoms with E-state index in [0.29, 0.717) is 30.3 Å². The van der Waals surface area contributed by atoms with Gasteiger partial charge < -0.3 is 14.8 Å². The van der Waals surface area contributed by atoms with Gasteiger partial charge in [-0.05, 0) is 26.0 Å². The maximum absolute atomic E-state index is 8.48. The van der Waals surface area contributed by atoms with Crippen LogP contribution in [0.1, 0.15) is 24.8 Å². The standard InChI is InChI=1S/C14H19ClN2O2/c1-17-10-11-8-12(15)9-13(18-2)14(11)19-7-5-3-4-6-16/h8-9,17H,3-5,7,10H2,1-2H3. The molecule has 0 atom stereocenters. The van der Waals surface area contributed by atoms with Crippen LogP contribution < -0.4 is 14.8 Å². The van der Waals surface area contributed by atoms with E-state index in [-0.39, 0.29) is 0 Å². The van der Waals surface area contributed by atoms with Gasteiger partial charge in [0.1, 0.15) is 0 Å². The Morgan fingerprint density at radius 1 is 1.37 bits per heavy atom. The van der Waals surface area contributed by atoms with E-state index in [4.69, 9.17) is 26.3 Å². The van der Waals surface area contributed by atoms with Gasteiger partial charge >= 0.3 is 0 Å². The lowest BCUT2D eigenvalue weighted by Crippen LogP contribution is -2.09. The molecule has 1 N–H and O–H groups in total. The lowest BCUT2D eigenvalue weighted by Gasteiger charge is -2.15. The molecule has 0 aliphatic rings. The topological polar surface area (TPSA) is 54.3 Å². The lowest BCUT2D eigenvalue weighted by atomic mass is 10.2. The molecule has 0 amide bonds. The van der Waals surface area contributed by atoms with Gasteiger partial charge in [-0.25, -0.2) is 0 Å². The highest BCUT2D eigenvalue weighted by atomic mass is 35.5. The van der Waals surface area contributed by atoms with Gasteiger partial charge in [-0.3, -0.25) is 0 Å². The summed E-state index contributed by atoms with van der Waals surface area (Å²) in [4.78, 5) is 0. The van der Waals surface area contributed by atoms with Crippen LogP contribution in [0.3, 0.4) is 0 Å². The molecule has 5 heteroatoms. The summed E-state index contributed by atoms with van der Waals surface area (Å²) in [6.45, 7) is 1.22. The van der Waals surface area contributed by atoms with Crippen molar-refractivity contribution in [1.82, 2.24) is 5.32 Å². The van der Waals surface area contributed by atoms with E-state index in [0.717, 1.165) is 24.2 Å². The second-order valence-corrected chi connectivity index (χ2v) is 4.53. The molecule has 1 aromatic rings. The molecule has 1 rings (SSSR count). The van der Waals surface area contributed by atoms with Crippen LogP contribution in [-0.4, -0.2) is 20.8 Å². The first-order valence-electron chi connectivity index (χ1n) is 6.23. The highest BCUT2D eigenvalue weighted by Gasteiger charge is 2.12. The summed E-state index contributed by atoms with van der Waals surface area (Å²) in [6, 6.07) is 5.73. The Hall–Kier alpha value is -1.44. The Kier molecular flexibility index (Phi) is 7.09. The fourth-order valence-corrected chi connectivity index (χ4v) is 1.97. The predicted molar refractivity (Wildman–Crippen MR) is 75.7 cm³/mol. The average molecular weight is 283 g/mol. The number of hydrogen-bond donors (Lipinski definition) is 1. The Bertz CT molecular complexity index is 444. The number of nitriles is 1. The van der Waals surface area contributed by atoms with Crippen LogP contribution in [-0.2, 0) is 6.54 Å². The fourth-order valence-electron chi connectivity index (χ4n) is 1.74. The summed E-state index contributed by atoms with van der Waals surface area (Å²) in [7, 11) is 3.46. The van der Waals surface area contributed by atoms with E-state index >= 15 is 0 Å². The molecule has 0 spiro atoms. The molecule has 19 heavy (non-hydrogen) atoms. The van der Waals surface area contributed by atoms with Gasteiger partial charge in [0.15, 0.2) is 11.5 Å². The second kappa shape index (κ2) is 8.63. The third-order valence-electron chi connectivity index (χ3n) is 2.61. The fraction of sp³-hybridized carbons (Fsp3) is 0.500. The monoisotopic (exact) mass is 282 g/mol. The van der Waals surface area contributed by atoms with Gasteiger partial charge in [-0.2, -0.15) is 5.26 Å². The maximum atomic E-state index is 8.48. The molecule has 0 aliphatic carbocycles. The van der Waals surface area contributed by atoms with E-state index < -0.39 is 0 Å². The largest absolute Gasteiger partial charge is 0.493 e. The number of hydrogen-bond acceptors (Lipinski definition) is 4. The van der Waals surface area contributed by atoms with E-state index in [1.807, 2.05) is 13.1 Å². The van der Waals surface area contributed by atoms with Crippen molar-refractivity contribution >= 4 is 11.6 Å². The van der Waals surface area contributed by atoms with Crippen molar-refractivity contribution in [1.29, 1.82) is 5.26 Å². The number of halogens is 1. The van der Waals surface area contributed by atoms with Gasteiger partial charge in [-0.15, -0.1) is 0 Å². The normalized spacial score (nSPS) is 10.0. The Morgan fingerprint density at radius 3 is 2.79 bits per heavy atom. The third kappa shape index (κ3) is 4.98. The molecule has 0 saturated heterocycles. The van der Waals surface area contributed by atoms with Crippen LogP contribution in [0.15, 0.2) is 12.1 Å². The number of rotatable bonds is 8. The first-order valence-corrected chi connectivity index (χ1v) is 6.61. The van der Waals surface area contributed by atoms with E-state index in [1.54, 1.807) is 13.2 Å². The first kappa shape index (κ1) is 15.6. The summed E-state index contributed by atoms with van der Waals surface area (Å²) >= 11 is 6.04. The van der Waals surface area contributed by atoms with Crippen molar-refractivity contribution in [2.75, 3.05) is 20.8 Å². The number of benzene rings is 1. The van der Waals surface area contributed by atoms with Crippen molar-refractivity contribution in [2.45, 2.75) is 25.8 Å². The Morgan fingerprint density at radius 2 is 2.16 bits per heavy atom. The van der Waals surface area contributed by atoms with Crippen LogP contribution in [0.5, 0.6) is 11.5 Å². The summed E-state index contributed by atoms with van der Waals surface area (Å²) in [5.41, 5.74) is 0.965. The van der Waals surface area contributed by atoms with Crippen molar-refractivity contribution in [3.8, 4) is 17.6 Å². The number of ether oxygens (including phenoxy) is 2. The van der Waals surface area contributed by atoms with Crippen LogP contribution in [0, 0.1) is 11.3 Å². The number of unbranched alkanes of at least 4 members (excludes halogenated alkanes) is 2. The molecule has 0 unspecified atom stereocenters.